The molecule has 0 saturated heterocycles. The summed E-state index contributed by atoms with van der Waals surface area (Å²) in [5.74, 6) is 0.379. The minimum atomic E-state index is -0.603. The zero-order valence-corrected chi connectivity index (χ0v) is 15.7. The Bertz CT molecular complexity index is 1090. The van der Waals surface area contributed by atoms with Gasteiger partial charge in [-0.1, -0.05) is 42.5 Å². The second kappa shape index (κ2) is 7.64. The molecule has 0 aliphatic carbocycles. The molecule has 0 bridgehead atoms. The largest absolute Gasteiger partial charge is 0.418 e. The Labute approximate surface area is 163 Å². The van der Waals surface area contributed by atoms with Crippen LogP contribution in [0.25, 0.3) is 11.5 Å². The molecular weight excluding hydrogens is 353 g/mol. The molecule has 4 rings (SSSR count). The lowest BCUT2D eigenvalue weighted by Crippen LogP contribution is -2.14. The topological polar surface area (TPSA) is 51.0 Å². The first-order chi connectivity index (χ1) is 13.6. The van der Waals surface area contributed by atoms with Gasteiger partial charge in [-0.15, -0.1) is 10.2 Å². The number of aromatic nitrogens is 2. The van der Waals surface area contributed by atoms with Crippen LogP contribution in [0.2, 0.25) is 0 Å². The smallest absolute Gasteiger partial charge is 0.247 e. The lowest BCUT2D eigenvalue weighted by atomic mass is 10.0. The molecule has 0 saturated carbocycles. The van der Waals surface area contributed by atoms with Gasteiger partial charge in [0.1, 0.15) is 11.9 Å². The van der Waals surface area contributed by atoms with Gasteiger partial charge in [0.25, 0.3) is 0 Å². The highest BCUT2D eigenvalue weighted by Crippen LogP contribution is 2.30. The third kappa shape index (κ3) is 3.64. The molecule has 4 aromatic rings. The van der Waals surface area contributed by atoms with E-state index in [4.69, 9.17) is 4.42 Å². The SMILES string of the molecule is Cc1ccc(NC(c2nnc(-c3ccccc3)o2)c2ccccc2F)cc1C. The Morgan fingerprint density at radius 1 is 0.857 bits per heavy atom. The van der Waals surface area contributed by atoms with Crippen LogP contribution in [0.5, 0.6) is 0 Å². The molecule has 1 heterocycles. The molecule has 0 spiro atoms. The van der Waals surface area contributed by atoms with E-state index >= 15 is 0 Å². The number of hydrogen-bond acceptors (Lipinski definition) is 4. The maximum absolute atomic E-state index is 14.6. The van der Waals surface area contributed by atoms with E-state index in [-0.39, 0.29) is 5.82 Å². The molecule has 1 unspecified atom stereocenters. The zero-order chi connectivity index (χ0) is 19.5. The predicted molar refractivity (Wildman–Crippen MR) is 108 cm³/mol. The first kappa shape index (κ1) is 17.9. The fourth-order valence-corrected chi connectivity index (χ4v) is 3.03. The normalized spacial score (nSPS) is 12.0. The van der Waals surface area contributed by atoms with Crippen molar-refractivity contribution in [2.24, 2.45) is 0 Å². The third-order valence-corrected chi connectivity index (χ3v) is 4.74. The van der Waals surface area contributed by atoms with Crippen LogP contribution in [0.3, 0.4) is 0 Å². The van der Waals surface area contributed by atoms with Crippen LogP contribution in [0.4, 0.5) is 10.1 Å². The molecule has 0 radical (unpaired) electrons. The number of nitrogens with zero attached hydrogens (tertiary/aromatic N) is 2. The average molecular weight is 373 g/mol. The maximum atomic E-state index is 14.6. The molecule has 140 valence electrons. The lowest BCUT2D eigenvalue weighted by molar-refractivity contribution is 0.485. The first-order valence-corrected chi connectivity index (χ1v) is 9.09. The molecule has 0 amide bonds. The third-order valence-electron chi connectivity index (χ3n) is 4.74. The predicted octanol–water partition coefficient (Wildman–Crippen LogP) is 5.69. The van der Waals surface area contributed by atoms with Gasteiger partial charge in [0, 0.05) is 16.8 Å². The van der Waals surface area contributed by atoms with Crippen molar-refractivity contribution in [3.8, 4) is 11.5 Å². The van der Waals surface area contributed by atoms with E-state index in [0.717, 1.165) is 16.8 Å². The highest BCUT2D eigenvalue weighted by Gasteiger charge is 2.24. The lowest BCUT2D eigenvalue weighted by Gasteiger charge is -2.18. The molecule has 0 fully saturated rings. The van der Waals surface area contributed by atoms with Crippen LogP contribution in [-0.4, -0.2) is 10.2 Å². The molecule has 1 N–H and O–H groups in total. The van der Waals surface area contributed by atoms with Crippen LogP contribution in [0, 0.1) is 19.7 Å². The molecule has 28 heavy (non-hydrogen) atoms. The van der Waals surface area contributed by atoms with E-state index in [1.165, 1.54) is 11.6 Å². The van der Waals surface area contributed by atoms with Gasteiger partial charge in [0.05, 0.1) is 0 Å². The monoisotopic (exact) mass is 373 g/mol. The van der Waals surface area contributed by atoms with Crippen molar-refractivity contribution in [1.82, 2.24) is 10.2 Å². The maximum Gasteiger partial charge on any atom is 0.247 e. The van der Waals surface area contributed by atoms with Crippen LogP contribution >= 0.6 is 0 Å². The quantitative estimate of drug-likeness (QED) is 0.488. The fourth-order valence-electron chi connectivity index (χ4n) is 3.03. The van der Waals surface area contributed by atoms with Crippen molar-refractivity contribution < 1.29 is 8.81 Å². The Balaban J connectivity index is 1.74. The summed E-state index contributed by atoms with van der Waals surface area (Å²) in [6, 6.07) is 21.5. The molecule has 1 atom stereocenters. The fraction of sp³-hybridized carbons (Fsp3) is 0.130. The second-order valence-corrected chi connectivity index (χ2v) is 6.71. The minimum Gasteiger partial charge on any atom is -0.418 e. The van der Waals surface area contributed by atoms with Gasteiger partial charge >= 0.3 is 0 Å². The number of benzene rings is 3. The van der Waals surface area contributed by atoms with Gasteiger partial charge in [-0.25, -0.2) is 4.39 Å². The van der Waals surface area contributed by atoms with E-state index < -0.39 is 6.04 Å². The van der Waals surface area contributed by atoms with E-state index in [0.29, 0.717) is 17.3 Å². The Morgan fingerprint density at radius 2 is 1.61 bits per heavy atom. The highest BCUT2D eigenvalue weighted by atomic mass is 19.1. The molecule has 0 aliphatic heterocycles. The first-order valence-electron chi connectivity index (χ1n) is 9.09. The van der Waals surface area contributed by atoms with Crippen molar-refractivity contribution in [2.75, 3.05) is 5.32 Å². The summed E-state index contributed by atoms with van der Waals surface area (Å²) in [4.78, 5) is 0. The van der Waals surface area contributed by atoms with Crippen molar-refractivity contribution in [2.45, 2.75) is 19.9 Å². The second-order valence-electron chi connectivity index (χ2n) is 6.71. The average Bonchev–Trinajstić information content (AvgIpc) is 3.20. The number of nitrogens with one attached hydrogen (secondary N) is 1. The van der Waals surface area contributed by atoms with Gasteiger partial charge < -0.3 is 9.73 Å². The Morgan fingerprint density at radius 3 is 2.36 bits per heavy atom. The van der Waals surface area contributed by atoms with Gasteiger partial charge in [0.15, 0.2) is 0 Å². The summed E-state index contributed by atoms with van der Waals surface area (Å²) in [5.41, 5.74) is 4.46. The van der Waals surface area contributed by atoms with Gasteiger partial charge in [-0.3, -0.25) is 0 Å². The zero-order valence-electron chi connectivity index (χ0n) is 15.7. The molecule has 0 aliphatic rings. The van der Waals surface area contributed by atoms with E-state index in [9.17, 15) is 4.39 Å². The standard InChI is InChI=1S/C23H20FN3O/c1-15-12-13-18(14-16(15)2)25-21(19-10-6-7-11-20(19)24)23-27-26-22(28-23)17-8-4-3-5-9-17/h3-14,21,25H,1-2H3. The van der Waals surface area contributed by atoms with Gasteiger partial charge in [0.2, 0.25) is 11.8 Å². The number of anilines is 1. The van der Waals surface area contributed by atoms with Crippen molar-refractivity contribution in [1.29, 1.82) is 0 Å². The van der Waals surface area contributed by atoms with Crippen molar-refractivity contribution in [3.05, 3.63) is 101 Å². The summed E-state index contributed by atoms with van der Waals surface area (Å²) < 4.78 is 20.5. The number of aryl methyl sites for hydroxylation is 2. The summed E-state index contributed by atoms with van der Waals surface area (Å²) in [6.45, 7) is 4.09. The van der Waals surface area contributed by atoms with E-state index in [1.807, 2.05) is 55.5 Å². The van der Waals surface area contributed by atoms with Crippen LogP contribution < -0.4 is 5.32 Å². The number of hydrogen-bond donors (Lipinski definition) is 1. The Hall–Kier alpha value is -3.47. The van der Waals surface area contributed by atoms with Gasteiger partial charge in [-0.05, 0) is 55.3 Å². The van der Waals surface area contributed by atoms with Crippen molar-refractivity contribution in [3.63, 3.8) is 0 Å². The van der Waals surface area contributed by atoms with Gasteiger partial charge in [-0.2, -0.15) is 0 Å². The molecular formula is C23H20FN3O. The summed E-state index contributed by atoms with van der Waals surface area (Å²) in [7, 11) is 0. The van der Waals surface area contributed by atoms with E-state index in [1.54, 1.807) is 18.2 Å². The van der Waals surface area contributed by atoms with E-state index in [2.05, 4.69) is 22.4 Å². The highest BCUT2D eigenvalue weighted by molar-refractivity contribution is 5.53. The van der Waals surface area contributed by atoms with Crippen molar-refractivity contribution >= 4 is 5.69 Å². The Kier molecular flexibility index (Phi) is 4.89. The number of rotatable bonds is 5. The summed E-state index contributed by atoms with van der Waals surface area (Å²) in [5, 5.41) is 11.7. The summed E-state index contributed by atoms with van der Waals surface area (Å²) >= 11 is 0. The van der Waals surface area contributed by atoms with Crippen LogP contribution in [-0.2, 0) is 0 Å². The minimum absolute atomic E-state index is 0.308. The van der Waals surface area contributed by atoms with Crippen LogP contribution in [0.1, 0.15) is 28.6 Å². The summed E-state index contributed by atoms with van der Waals surface area (Å²) in [6.07, 6.45) is 0. The number of halogens is 1. The molecule has 4 nitrogen and oxygen atoms in total. The molecule has 5 heteroatoms. The molecule has 1 aromatic heterocycles. The molecule has 3 aromatic carbocycles. The van der Waals surface area contributed by atoms with Crippen LogP contribution in [0.15, 0.2) is 77.2 Å².